The summed E-state index contributed by atoms with van der Waals surface area (Å²) >= 11 is 1.55. The molecule has 0 atom stereocenters. The molecule has 0 aliphatic carbocycles. The van der Waals surface area contributed by atoms with E-state index >= 15 is 0 Å². The highest BCUT2D eigenvalue weighted by atomic mass is 32.1. The molecule has 4 nitrogen and oxygen atoms in total. The molecular formula is C16H14O4S. The van der Waals surface area contributed by atoms with Crippen LogP contribution in [0.5, 0.6) is 0 Å². The summed E-state index contributed by atoms with van der Waals surface area (Å²) in [7, 11) is 1.59. The first-order chi connectivity index (χ1) is 10.3. The number of fused-ring (bicyclic) bond motifs is 1. The average molecular weight is 302 g/mol. The number of esters is 1. The van der Waals surface area contributed by atoms with E-state index in [2.05, 4.69) is 0 Å². The van der Waals surface area contributed by atoms with E-state index in [1.54, 1.807) is 18.4 Å². The number of benzene rings is 1. The topological polar surface area (TPSA) is 48.7 Å². The third kappa shape index (κ3) is 2.84. The Morgan fingerprint density at radius 3 is 2.81 bits per heavy atom. The first-order valence-corrected chi connectivity index (χ1v) is 7.36. The number of para-hydroxylation sites is 1. The Labute approximate surface area is 125 Å². The van der Waals surface area contributed by atoms with Crippen LogP contribution in [0.15, 0.2) is 46.2 Å². The van der Waals surface area contributed by atoms with Crippen molar-refractivity contribution in [1.82, 2.24) is 0 Å². The Bertz CT molecular complexity index is 743. The maximum atomic E-state index is 12.2. The number of furan rings is 1. The first-order valence-electron chi connectivity index (χ1n) is 6.48. The van der Waals surface area contributed by atoms with Gasteiger partial charge < -0.3 is 13.9 Å². The lowest BCUT2D eigenvalue weighted by Crippen LogP contribution is -2.06. The quantitative estimate of drug-likeness (QED) is 0.668. The van der Waals surface area contributed by atoms with Gasteiger partial charge in [0, 0.05) is 22.9 Å². The molecule has 0 saturated carbocycles. The number of ether oxygens (including phenoxy) is 2. The van der Waals surface area contributed by atoms with Crippen molar-refractivity contribution >= 4 is 28.3 Å². The van der Waals surface area contributed by atoms with Gasteiger partial charge in [-0.1, -0.05) is 24.3 Å². The van der Waals surface area contributed by atoms with Crippen LogP contribution in [0.25, 0.3) is 11.0 Å². The molecule has 2 heterocycles. The molecular weight excluding hydrogens is 288 g/mol. The van der Waals surface area contributed by atoms with E-state index in [0.29, 0.717) is 12.2 Å². The molecule has 0 aliphatic heterocycles. The van der Waals surface area contributed by atoms with Crippen molar-refractivity contribution in [1.29, 1.82) is 0 Å². The van der Waals surface area contributed by atoms with Crippen molar-refractivity contribution < 1.29 is 18.7 Å². The van der Waals surface area contributed by atoms with E-state index in [1.807, 2.05) is 41.8 Å². The molecule has 0 bridgehead atoms. The van der Waals surface area contributed by atoms with Gasteiger partial charge in [0.15, 0.2) is 0 Å². The summed E-state index contributed by atoms with van der Waals surface area (Å²) in [5, 5.41) is 2.82. The second-order valence-corrected chi connectivity index (χ2v) is 5.53. The van der Waals surface area contributed by atoms with Crippen LogP contribution in [0, 0.1) is 0 Å². The molecule has 3 rings (SSSR count). The minimum atomic E-state index is -0.466. The Hall–Kier alpha value is -2.11. The maximum absolute atomic E-state index is 12.2. The molecule has 2 aromatic heterocycles. The van der Waals surface area contributed by atoms with Crippen molar-refractivity contribution in [2.75, 3.05) is 7.11 Å². The Morgan fingerprint density at radius 2 is 2.05 bits per heavy atom. The monoisotopic (exact) mass is 302 g/mol. The molecule has 5 heteroatoms. The number of carbonyl (C=O) groups excluding carboxylic acids is 1. The molecule has 0 saturated heterocycles. The average Bonchev–Trinajstić information content (AvgIpc) is 3.13. The van der Waals surface area contributed by atoms with Crippen LogP contribution in [0.4, 0.5) is 0 Å². The van der Waals surface area contributed by atoms with E-state index in [9.17, 15) is 4.79 Å². The van der Waals surface area contributed by atoms with Gasteiger partial charge in [0.1, 0.15) is 12.2 Å². The van der Waals surface area contributed by atoms with Gasteiger partial charge in [0.2, 0.25) is 5.76 Å². The predicted octanol–water partition coefficient (Wildman–Crippen LogP) is 4.00. The molecule has 108 valence electrons. The summed E-state index contributed by atoms with van der Waals surface area (Å²) in [6, 6.07) is 11.3. The number of hydrogen-bond acceptors (Lipinski definition) is 5. The first kappa shape index (κ1) is 13.9. The van der Waals surface area contributed by atoms with Crippen molar-refractivity contribution in [3.63, 3.8) is 0 Å². The lowest BCUT2D eigenvalue weighted by molar-refractivity contribution is 0.0436. The van der Waals surface area contributed by atoms with Crippen LogP contribution in [0.3, 0.4) is 0 Å². The number of methoxy groups -OCH3 is 1. The molecule has 0 spiro atoms. The third-order valence-electron chi connectivity index (χ3n) is 3.10. The smallest absolute Gasteiger partial charge is 0.375 e. The van der Waals surface area contributed by atoms with Crippen LogP contribution in [0.2, 0.25) is 0 Å². The minimum absolute atomic E-state index is 0.217. The predicted molar refractivity (Wildman–Crippen MR) is 80.4 cm³/mol. The highest BCUT2D eigenvalue weighted by Gasteiger charge is 2.21. The summed E-state index contributed by atoms with van der Waals surface area (Å²) in [6.45, 7) is 0.556. The molecule has 21 heavy (non-hydrogen) atoms. The van der Waals surface area contributed by atoms with Crippen molar-refractivity contribution in [2.24, 2.45) is 0 Å². The second-order valence-electron chi connectivity index (χ2n) is 4.49. The van der Waals surface area contributed by atoms with Gasteiger partial charge in [-0.3, -0.25) is 0 Å². The largest absolute Gasteiger partial charge is 0.454 e. The third-order valence-corrected chi connectivity index (χ3v) is 3.95. The van der Waals surface area contributed by atoms with E-state index in [0.717, 1.165) is 15.8 Å². The number of hydrogen-bond donors (Lipinski definition) is 0. The second kappa shape index (κ2) is 6.11. The Morgan fingerprint density at radius 1 is 1.19 bits per heavy atom. The Kier molecular flexibility index (Phi) is 4.03. The summed E-state index contributed by atoms with van der Waals surface area (Å²) in [4.78, 5) is 13.2. The molecule has 0 radical (unpaired) electrons. The van der Waals surface area contributed by atoms with Gasteiger partial charge in [-0.05, 0) is 17.5 Å². The van der Waals surface area contributed by atoms with Crippen LogP contribution < -0.4 is 0 Å². The van der Waals surface area contributed by atoms with Crippen molar-refractivity contribution in [2.45, 2.75) is 13.2 Å². The molecule has 0 N–H and O–H groups in total. The van der Waals surface area contributed by atoms with Crippen LogP contribution in [0.1, 0.15) is 21.0 Å². The van der Waals surface area contributed by atoms with Crippen LogP contribution in [-0.2, 0) is 22.7 Å². The zero-order chi connectivity index (χ0) is 14.7. The summed E-state index contributed by atoms with van der Waals surface area (Å²) in [6.07, 6.45) is 0. The lowest BCUT2D eigenvalue weighted by Gasteiger charge is -2.03. The zero-order valence-electron chi connectivity index (χ0n) is 11.5. The van der Waals surface area contributed by atoms with Gasteiger partial charge in [-0.25, -0.2) is 4.79 Å². The van der Waals surface area contributed by atoms with E-state index in [-0.39, 0.29) is 12.4 Å². The number of thiophene rings is 1. The van der Waals surface area contributed by atoms with E-state index in [1.165, 1.54) is 0 Å². The SMILES string of the molecule is COCc1c(C(=O)OCc2cccs2)oc2ccccc12. The number of carbonyl (C=O) groups is 1. The van der Waals surface area contributed by atoms with Gasteiger partial charge in [-0.15, -0.1) is 11.3 Å². The Balaban J connectivity index is 1.87. The fourth-order valence-corrected chi connectivity index (χ4v) is 2.76. The van der Waals surface area contributed by atoms with Crippen molar-refractivity contribution in [3.8, 4) is 0 Å². The van der Waals surface area contributed by atoms with Gasteiger partial charge >= 0.3 is 5.97 Å². The van der Waals surface area contributed by atoms with E-state index < -0.39 is 5.97 Å². The summed E-state index contributed by atoms with van der Waals surface area (Å²) < 4.78 is 16.1. The van der Waals surface area contributed by atoms with Gasteiger partial charge in [0.05, 0.1) is 6.61 Å². The molecule has 3 aromatic rings. The van der Waals surface area contributed by atoms with Crippen LogP contribution >= 0.6 is 11.3 Å². The fourth-order valence-electron chi connectivity index (χ4n) is 2.15. The summed E-state index contributed by atoms with van der Waals surface area (Å²) in [5.74, 6) is -0.249. The molecule has 0 unspecified atom stereocenters. The number of rotatable bonds is 5. The molecule has 1 aromatic carbocycles. The van der Waals surface area contributed by atoms with Crippen molar-refractivity contribution in [3.05, 3.63) is 58.0 Å². The van der Waals surface area contributed by atoms with E-state index in [4.69, 9.17) is 13.9 Å². The van der Waals surface area contributed by atoms with Crippen LogP contribution in [-0.4, -0.2) is 13.1 Å². The fraction of sp³-hybridized carbons (Fsp3) is 0.188. The highest BCUT2D eigenvalue weighted by molar-refractivity contribution is 7.09. The van der Waals surface area contributed by atoms with Gasteiger partial charge in [-0.2, -0.15) is 0 Å². The van der Waals surface area contributed by atoms with Gasteiger partial charge in [0.25, 0.3) is 0 Å². The standard InChI is InChI=1S/C16H14O4S/c1-18-10-13-12-6-2-3-7-14(12)20-15(13)16(17)19-9-11-5-4-8-21-11/h2-8H,9-10H2,1H3. The molecule has 0 aliphatic rings. The lowest BCUT2D eigenvalue weighted by atomic mass is 10.1. The summed E-state index contributed by atoms with van der Waals surface area (Å²) in [5.41, 5.74) is 1.39. The minimum Gasteiger partial charge on any atom is -0.454 e. The molecule has 0 amide bonds. The normalized spacial score (nSPS) is 10.9. The molecule has 0 fully saturated rings. The maximum Gasteiger partial charge on any atom is 0.375 e. The zero-order valence-corrected chi connectivity index (χ0v) is 12.3. The highest BCUT2D eigenvalue weighted by Crippen LogP contribution is 2.27.